The van der Waals surface area contributed by atoms with Crippen LogP contribution >= 0.6 is 0 Å². The molecule has 0 atom stereocenters. The van der Waals surface area contributed by atoms with E-state index < -0.39 is 0 Å². The molecule has 0 aliphatic carbocycles. The van der Waals surface area contributed by atoms with Gasteiger partial charge in [-0.2, -0.15) is 0 Å². The van der Waals surface area contributed by atoms with E-state index in [1.54, 1.807) is 0 Å². The predicted octanol–water partition coefficient (Wildman–Crippen LogP) is 0.690. The maximum Gasteiger partial charge on any atom is 0.306 e. The van der Waals surface area contributed by atoms with E-state index in [4.69, 9.17) is 0 Å². The monoisotopic (exact) mass is 203 g/mol. The summed E-state index contributed by atoms with van der Waals surface area (Å²) in [6, 6.07) is 0. The Balaban J connectivity index is 3.88. The largest absolute Gasteiger partial charge is 0.469 e. The number of ether oxygens (including phenoxy) is 1. The first-order chi connectivity index (χ1) is 6.64. The van der Waals surface area contributed by atoms with Gasteiger partial charge in [-0.1, -0.05) is 13.8 Å². The van der Waals surface area contributed by atoms with Gasteiger partial charge in [0.1, 0.15) is 0 Å². The van der Waals surface area contributed by atoms with Crippen LogP contribution < -0.4 is 5.32 Å². The van der Waals surface area contributed by atoms with Crippen LogP contribution in [-0.4, -0.2) is 36.9 Å². The summed E-state index contributed by atoms with van der Waals surface area (Å²) >= 11 is 0. The second kappa shape index (κ2) is 6.79. The molecule has 0 rings (SSSR count). The van der Waals surface area contributed by atoms with Crippen LogP contribution in [0.15, 0.2) is 0 Å². The van der Waals surface area contributed by atoms with Gasteiger partial charge in [-0.3, -0.25) is 4.79 Å². The van der Waals surface area contributed by atoms with Crippen LogP contribution in [0.2, 0.25) is 0 Å². The first kappa shape index (κ1) is 13.4. The number of aliphatic hydroxyl groups excluding tert-OH is 1. The normalized spacial score (nSPS) is 11.4. The maximum atomic E-state index is 10.8. The number of esters is 1. The fourth-order valence-corrected chi connectivity index (χ4v) is 1.31. The Morgan fingerprint density at radius 3 is 2.36 bits per heavy atom. The fraction of sp³-hybridized carbons (Fsp3) is 0.900. The lowest BCUT2D eigenvalue weighted by molar-refractivity contribution is -0.140. The molecule has 0 heterocycles. The van der Waals surface area contributed by atoms with Crippen LogP contribution in [0.5, 0.6) is 0 Å². The van der Waals surface area contributed by atoms with Crippen molar-refractivity contribution in [3.05, 3.63) is 0 Å². The third kappa shape index (κ3) is 4.07. The third-order valence-corrected chi connectivity index (χ3v) is 2.71. The minimum absolute atomic E-state index is 0.0984. The van der Waals surface area contributed by atoms with Gasteiger partial charge in [-0.25, -0.2) is 0 Å². The van der Waals surface area contributed by atoms with Crippen molar-refractivity contribution in [2.45, 2.75) is 38.6 Å². The number of carbonyl (C=O) groups is 1. The molecular weight excluding hydrogens is 182 g/mol. The molecule has 84 valence electrons. The summed E-state index contributed by atoms with van der Waals surface area (Å²) < 4.78 is 4.52. The van der Waals surface area contributed by atoms with E-state index >= 15 is 0 Å². The van der Waals surface area contributed by atoms with Crippen molar-refractivity contribution in [3.8, 4) is 0 Å². The van der Waals surface area contributed by atoms with Crippen LogP contribution in [-0.2, 0) is 9.53 Å². The molecule has 0 bridgehead atoms. The van der Waals surface area contributed by atoms with Gasteiger partial charge in [-0.15, -0.1) is 0 Å². The summed E-state index contributed by atoms with van der Waals surface area (Å²) in [5.41, 5.74) is -0.242. The number of methoxy groups -OCH3 is 1. The molecule has 0 amide bonds. The predicted molar refractivity (Wildman–Crippen MR) is 55.0 cm³/mol. The Hall–Kier alpha value is -0.610. The standard InChI is InChI=1S/C10H21NO3/c1-4-10(5-2,8-12)11-7-6-9(13)14-3/h11-12H,4-8H2,1-3H3. The Morgan fingerprint density at radius 2 is 2.00 bits per heavy atom. The molecule has 0 spiro atoms. The molecule has 2 N–H and O–H groups in total. The molecular formula is C10H21NO3. The molecule has 0 aromatic heterocycles. The Labute approximate surface area is 85.6 Å². The van der Waals surface area contributed by atoms with Crippen molar-refractivity contribution in [1.29, 1.82) is 0 Å². The molecule has 0 aromatic rings. The van der Waals surface area contributed by atoms with E-state index in [0.29, 0.717) is 13.0 Å². The minimum atomic E-state index is -0.242. The topological polar surface area (TPSA) is 58.6 Å². The Morgan fingerprint density at radius 1 is 1.43 bits per heavy atom. The van der Waals surface area contributed by atoms with Gasteiger partial charge in [0.2, 0.25) is 0 Å². The number of rotatable bonds is 7. The molecule has 0 saturated heterocycles. The van der Waals surface area contributed by atoms with Crippen LogP contribution in [0.4, 0.5) is 0 Å². The lowest BCUT2D eigenvalue weighted by Crippen LogP contribution is -2.48. The van der Waals surface area contributed by atoms with E-state index in [-0.39, 0.29) is 18.1 Å². The van der Waals surface area contributed by atoms with Crippen molar-refractivity contribution < 1.29 is 14.6 Å². The zero-order chi connectivity index (χ0) is 11.0. The highest BCUT2D eigenvalue weighted by Crippen LogP contribution is 2.13. The average Bonchev–Trinajstić information content (AvgIpc) is 2.25. The van der Waals surface area contributed by atoms with Gasteiger partial charge in [0.25, 0.3) is 0 Å². The van der Waals surface area contributed by atoms with Crippen LogP contribution in [0.3, 0.4) is 0 Å². The minimum Gasteiger partial charge on any atom is -0.469 e. The van der Waals surface area contributed by atoms with E-state index in [9.17, 15) is 9.90 Å². The second-order valence-electron chi connectivity index (χ2n) is 3.40. The molecule has 4 heteroatoms. The van der Waals surface area contributed by atoms with Crippen LogP contribution in [0.1, 0.15) is 33.1 Å². The van der Waals surface area contributed by atoms with Crippen LogP contribution in [0.25, 0.3) is 0 Å². The molecule has 14 heavy (non-hydrogen) atoms. The lowest BCUT2D eigenvalue weighted by Gasteiger charge is -2.30. The molecule has 0 aliphatic rings. The molecule has 0 aliphatic heterocycles. The van der Waals surface area contributed by atoms with Crippen molar-refractivity contribution in [2.75, 3.05) is 20.3 Å². The SMILES string of the molecule is CCC(CC)(CO)NCCC(=O)OC. The van der Waals surface area contributed by atoms with E-state index in [1.165, 1.54) is 7.11 Å². The molecule has 0 radical (unpaired) electrons. The molecule has 0 saturated carbocycles. The molecule has 4 nitrogen and oxygen atoms in total. The van der Waals surface area contributed by atoms with Crippen molar-refractivity contribution in [2.24, 2.45) is 0 Å². The summed E-state index contributed by atoms with van der Waals surface area (Å²) in [6.07, 6.45) is 2.04. The first-order valence-electron chi connectivity index (χ1n) is 5.06. The summed E-state index contributed by atoms with van der Waals surface area (Å²) in [5.74, 6) is -0.225. The van der Waals surface area contributed by atoms with Crippen LogP contribution in [0, 0.1) is 0 Å². The highest BCUT2D eigenvalue weighted by atomic mass is 16.5. The van der Waals surface area contributed by atoms with Gasteiger partial charge in [-0.05, 0) is 12.8 Å². The summed E-state index contributed by atoms with van der Waals surface area (Å²) in [5, 5.41) is 12.4. The van der Waals surface area contributed by atoms with Gasteiger partial charge in [0, 0.05) is 12.1 Å². The zero-order valence-corrected chi connectivity index (χ0v) is 9.30. The first-order valence-corrected chi connectivity index (χ1v) is 5.06. The van der Waals surface area contributed by atoms with Crippen molar-refractivity contribution in [3.63, 3.8) is 0 Å². The maximum absolute atomic E-state index is 10.8. The highest BCUT2D eigenvalue weighted by Gasteiger charge is 2.23. The third-order valence-electron chi connectivity index (χ3n) is 2.71. The number of aliphatic hydroxyl groups is 1. The second-order valence-corrected chi connectivity index (χ2v) is 3.40. The summed E-state index contributed by atoms with van der Waals surface area (Å²) in [7, 11) is 1.38. The Bertz CT molecular complexity index is 158. The van der Waals surface area contributed by atoms with Gasteiger partial charge in [0.15, 0.2) is 0 Å². The average molecular weight is 203 g/mol. The number of hydrogen-bond acceptors (Lipinski definition) is 4. The number of nitrogens with one attached hydrogen (secondary N) is 1. The van der Waals surface area contributed by atoms with E-state index in [2.05, 4.69) is 10.1 Å². The number of carbonyl (C=O) groups excluding carboxylic acids is 1. The van der Waals surface area contributed by atoms with Gasteiger partial charge >= 0.3 is 5.97 Å². The van der Waals surface area contributed by atoms with E-state index in [0.717, 1.165) is 12.8 Å². The lowest BCUT2D eigenvalue weighted by atomic mass is 9.94. The quantitative estimate of drug-likeness (QED) is 0.598. The van der Waals surface area contributed by atoms with Gasteiger partial charge in [0.05, 0.1) is 20.1 Å². The summed E-state index contributed by atoms with van der Waals surface area (Å²) in [4.78, 5) is 10.8. The molecule has 0 unspecified atom stereocenters. The number of hydrogen-bond donors (Lipinski definition) is 2. The van der Waals surface area contributed by atoms with Gasteiger partial charge < -0.3 is 15.2 Å². The van der Waals surface area contributed by atoms with Crippen molar-refractivity contribution in [1.82, 2.24) is 5.32 Å². The zero-order valence-electron chi connectivity index (χ0n) is 9.30. The molecule has 0 fully saturated rings. The summed E-state index contributed by atoms with van der Waals surface area (Å²) in [6.45, 7) is 4.69. The van der Waals surface area contributed by atoms with Crippen molar-refractivity contribution >= 4 is 5.97 Å². The smallest absolute Gasteiger partial charge is 0.306 e. The Kier molecular flexibility index (Phi) is 6.49. The van der Waals surface area contributed by atoms with E-state index in [1.807, 2.05) is 13.8 Å². The molecule has 0 aromatic carbocycles. The highest BCUT2D eigenvalue weighted by molar-refractivity contribution is 5.69. The fourth-order valence-electron chi connectivity index (χ4n) is 1.31.